The molecule has 0 radical (unpaired) electrons. The molecule has 1 aromatic heterocycles. The molecule has 0 unspecified atom stereocenters. The lowest BCUT2D eigenvalue weighted by Crippen LogP contribution is -2.14. The van der Waals surface area contributed by atoms with Crippen LogP contribution < -0.4 is 5.32 Å². The topological polar surface area (TPSA) is 25.2 Å². The Bertz CT molecular complexity index is 487. The highest BCUT2D eigenvalue weighted by molar-refractivity contribution is 5.82. The Labute approximate surface area is 109 Å². The molecule has 0 bridgehead atoms. The predicted octanol–water partition coefficient (Wildman–Crippen LogP) is 4.41. The van der Waals surface area contributed by atoms with E-state index in [1.165, 1.54) is 36.6 Å². The van der Waals surface area contributed by atoms with Crippen LogP contribution in [0.15, 0.2) is 28.7 Å². The van der Waals surface area contributed by atoms with Crippen LogP contribution in [0.5, 0.6) is 0 Å². The number of rotatable bonds is 7. The number of benzene rings is 1. The minimum absolute atomic E-state index is 0.912. The van der Waals surface area contributed by atoms with Crippen LogP contribution in [0.25, 0.3) is 11.0 Å². The predicted molar refractivity (Wildman–Crippen MR) is 76.8 cm³/mol. The maximum atomic E-state index is 5.75. The number of nitrogens with one attached hydrogen (secondary N) is 1. The highest BCUT2D eigenvalue weighted by atomic mass is 16.3. The molecule has 0 fully saturated rings. The summed E-state index contributed by atoms with van der Waals surface area (Å²) >= 11 is 0. The monoisotopic (exact) mass is 245 g/mol. The Kier molecular flexibility index (Phi) is 4.82. The molecule has 0 aliphatic carbocycles. The molecule has 0 saturated heterocycles. The second kappa shape index (κ2) is 6.60. The van der Waals surface area contributed by atoms with Gasteiger partial charge < -0.3 is 9.73 Å². The van der Waals surface area contributed by atoms with Gasteiger partial charge in [-0.05, 0) is 26.0 Å². The van der Waals surface area contributed by atoms with Crippen LogP contribution >= 0.6 is 0 Å². The van der Waals surface area contributed by atoms with E-state index in [2.05, 4.69) is 24.4 Å². The van der Waals surface area contributed by atoms with Gasteiger partial charge in [0, 0.05) is 17.5 Å². The maximum absolute atomic E-state index is 5.75. The number of unbranched alkanes of at least 4 members (excludes halogenated alkanes) is 3. The van der Waals surface area contributed by atoms with Crippen molar-refractivity contribution in [3.63, 3.8) is 0 Å². The van der Waals surface area contributed by atoms with E-state index in [-0.39, 0.29) is 0 Å². The van der Waals surface area contributed by atoms with Gasteiger partial charge in [0.1, 0.15) is 11.3 Å². The third kappa shape index (κ3) is 3.14. The van der Waals surface area contributed by atoms with Crippen LogP contribution in [0, 0.1) is 6.92 Å². The molecule has 0 aliphatic heterocycles. The van der Waals surface area contributed by atoms with E-state index in [9.17, 15) is 0 Å². The Balaban J connectivity index is 1.89. The van der Waals surface area contributed by atoms with Crippen molar-refractivity contribution >= 4 is 11.0 Å². The summed E-state index contributed by atoms with van der Waals surface area (Å²) in [6.07, 6.45) is 5.23. The molecule has 0 saturated carbocycles. The van der Waals surface area contributed by atoms with E-state index >= 15 is 0 Å². The molecule has 0 atom stereocenters. The Morgan fingerprint density at radius 2 is 1.94 bits per heavy atom. The number of fused-ring (bicyclic) bond motifs is 1. The molecule has 1 aromatic carbocycles. The van der Waals surface area contributed by atoms with E-state index in [1.807, 2.05) is 19.1 Å². The highest BCUT2D eigenvalue weighted by Gasteiger charge is 2.09. The van der Waals surface area contributed by atoms with E-state index in [4.69, 9.17) is 4.42 Å². The lowest BCUT2D eigenvalue weighted by atomic mass is 10.1. The molecule has 1 N–H and O–H groups in total. The first-order chi connectivity index (χ1) is 8.83. The number of furan rings is 1. The Morgan fingerprint density at radius 3 is 2.78 bits per heavy atom. The molecule has 2 nitrogen and oxygen atoms in total. The smallest absolute Gasteiger partial charge is 0.134 e. The van der Waals surface area contributed by atoms with Gasteiger partial charge >= 0.3 is 0 Å². The zero-order valence-corrected chi connectivity index (χ0v) is 11.5. The van der Waals surface area contributed by atoms with Gasteiger partial charge in [-0.3, -0.25) is 0 Å². The Morgan fingerprint density at radius 1 is 1.11 bits per heavy atom. The summed E-state index contributed by atoms with van der Waals surface area (Å²) in [6.45, 7) is 6.30. The lowest BCUT2D eigenvalue weighted by Gasteiger charge is -2.04. The molecule has 18 heavy (non-hydrogen) atoms. The molecule has 2 rings (SSSR count). The van der Waals surface area contributed by atoms with Gasteiger partial charge in [-0.2, -0.15) is 0 Å². The average molecular weight is 245 g/mol. The first-order valence-electron chi connectivity index (χ1n) is 7.00. The van der Waals surface area contributed by atoms with Crippen molar-refractivity contribution in [3.8, 4) is 0 Å². The van der Waals surface area contributed by atoms with Crippen molar-refractivity contribution in [2.45, 2.75) is 46.1 Å². The molecule has 0 aliphatic rings. The number of para-hydroxylation sites is 1. The molecule has 2 heteroatoms. The molecule has 2 aromatic rings. The quantitative estimate of drug-likeness (QED) is 0.731. The van der Waals surface area contributed by atoms with Crippen molar-refractivity contribution in [2.24, 2.45) is 0 Å². The summed E-state index contributed by atoms with van der Waals surface area (Å²) in [6, 6.07) is 8.27. The highest BCUT2D eigenvalue weighted by Crippen LogP contribution is 2.24. The fourth-order valence-corrected chi connectivity index (χ4v) is 2.33. The molecule has 0 spiro atoms. The minimum Gasteiger partial charge on any atom is -0.461 e. The van der Waals surface area contributed by atoms with Gasteiger partial charge in [0.05, 0.1) is 0 Å². The first kappa shape index (κ1) is 13.2. The fraction of sp³-hybridized carbons (Fsp3) is 0.500. The second-order valence-electron chi connectivity index (χ2n) is 4.87. The maximum Gasteiger partial charge on any atom is 0.134 e. The summed E-state index contributed by atoms with van der Waals surface area (Å²) in [4.78, 5) is 0. The van der Waals surface area contributed by atoms with Crippen molar-refractivity contribution in [1.29, 1.82) is 0 Å². The van der Waals surface area contributed by atoms with Crippen LogP contribution in [0.4, 0.5) is 0 Å². The third-order valence-corrected chi connectivity index (χ3v) is 3.41. The summed E-state index contributed by atoms with van der Waals surface area (Å²) in [5.41, 5.74) is 2.30. The Hall–Kier alpha value is -1.28. The number of hydrogen-bond acceptors (Lipinski definition) is 2. The van der Waals surface area contributed by atoms with Gasteiger partial charge in [0.25, 0.3) is 0 Å². The summed E-state index contributed by atoms with van der Waals surface area (Å²) in [5, 5.41) is 4.77. The average Bonchev–Trinajstić information content (AvgIpc) is 2.70. The van der Waals surface area contributed by atoms with Gasteiger partial charge in [0.15, 0.2) is 0 Å². The molecular weight excluding hydrogens is 222 g/mol. The summed E-state index contributed by atoms with van der Waals surface area (Å²) < 4.78 is 5.75. The van der Waals surface area contributed by atoms with Crippen LogP contribution in [-0.2, 0) is 6.54 Å². The van der Waals surface area contributed by atoms with Gasteiger partial charge in [-0.25, -0.2) is 0 Å². The van der Waals surface area contributed by atoms with Crippen LogP contribution in [0.2, 0.25) is 0 Å². The number of hydrogen-bond donors (Lipinski definition) is 1. The summed E-state index contributed by atoms with van der Waals surface area (Å²) in [7, 11) is 0. The van der Waals surface area contributed by atoms with Gasteiger partial charge in [0.2, 0.25) is 0 Å². The molecular formula is C16H23NO. The third-order valence-electron chi connectivity index (χ3n) is 3.41. The van der Waals surface area contributed by atoms with E-state index in [1.54, 1.807) is 0 Å². The molecule has 0 amide bonds. The normalized spacial score (nSPS) is 11.2. The molecule has 98 valence electrons. The lowest BCUT2D eigenvalue weighted by molar-refractivity contribution is 0.558. The van der Waals surface area contributed by atoms with Crippen molar-refractivity contribution in [2.75, 3.05) is 6.54 Å². The van der Waals surface area contributed by atoms with Crippen LogP contribution in [0.3, 0.4) is 0 Å². The van der Waals surface area contributed by atoms with Crippen molar-refractivity contribution in [3.05, 3.63) is 35.6 Å². The van der Waals surface area contributed by atoms with Crippen molar-refractivity contribution < 1.29 is 4.42 Å². The van der Waals surface area contributed by atoms with E-state index < -0.39 is 0 Å². The zero-order chi connectivity index (χ0) is 12.8. The van der Waals surface area contributed by atoms with Crippen LogP contribution in [-0.4, -0.2) is 6.54 Å². The van der Waals surface area contributed by atoms with Gasteiger partial charge in [-0.15, -0.1) is 0 Å². The fourth-order valence-electron chi connectivity index (χ4n) is 2.33. The van der Waals surface area contributed by atoms with Crippen molar-refractivity contribution in [1.82, 2.24) is 5.32 Å². The standard InChI is InChI=1S/C16H23NO/c1-3-4-5-8-11-17-12-15-13(2)18-16-10-7-6-9-14(15)16/h6-7,9-10,17H,3-5,8,11-12H2,1-2H3. The zero-order valence-electron chi connectivity index (χ0n) is 11.5. The minimum atomic E-state index is 0.912. The van der Waals surface area contributed by atoms with E-state index in [0.29, 0.717) is 0 Å². The molecule has 1 heterocycles. The second-order valence-corrected chi connectivity index (χ2v) is 4.87. The van der Waals surface area contributed by atoms with Crippen LogP contribution in [0.1, 0.15) is 43.9 Å². The largest absolute Gasteiger partial charge is 0.461 e. The summed E-state index contributed by atoms with van der Waals surface area (Å²) in [5.74, 6) is 1.04. The number of aryl methyl sites for hydroxylation is 1. The SMILES string of the molecule is CCCCCCNCc1c(C)oc2ccccc12. The van der Waals surface area contributed by atoms with E-state index in [0.717, 1.165) is 24.4 Å². The first-order valence-corrected chi connectivity index (χ1v) is 7.00. The van der Waals surface area contributed by atoms with Gasteiger partial charge in [-0.1, -0.05) is 44.4 Å².